The normalized spacial score (nSPS) is 12.2. The van der Waals surface area contributed by atoms with Crippen molar-refractivity contribution in [2.75, 3.05) is 19.9 Å². The summed E-state index contributed by atoms with van der Waals surface area (Å²) in [4.78, 5) is 13.3. The summed E-state index contributed by atoms with van der Waals surface area (Å²) in [5, 5.41) is 8.08. The molecule has 2 aromatic rings. The quantitative estimate of drug-likeness (QED) is 0.682. The van der Waals surface area contributed by atoms with Gasteiger partial charge in [0.2, 0.25) is 11.1 Å². The third-order valence-corrected chi connectivity index (χ3v) is 3.88. The van der Waals surface area contributed by atoms with Crippen LogP contribution in [-0.2, 0) is 4.79 Å². The average molecular weight is 309 g/mol. The lowest BCUT2D eigenvalue weighted by molar-refractivity contribution is -0.127. The zero-order chi connectivity index (χ0) is 15.6. The van der Waals surface area contributed by atoms with E-state index in [0.29, 0.717) is 16.5 Å². The minimum absolute atomic E-state index is 0.0358. The molecule has 1 atom stereocenters. The first-order valence-electron chi connectivity index (χ1n) is 6.24. The van der Waals surface area contributed by atoms with Crippen molar-refractivity contribution >= 4 is 17.7 Å². The van der Waals surface area contributed by atoms with Crippen molar-refractivity contribution in [3.05, 3.63) is 30.1 Å². The molecule has 112 valence electrons. The largest absolute Gasteiger partial charge is 0.348 e. The highest BCUT2D eigenvalue weighted by Gasteiger charge is 2.20. The molecule has 0 spiro atoms. The summed E-state index contributed by atoms with van der Waals surface area (Å²) in [7, 11) is 3.38. The minimum Gasteiger partial charge on any atom is -0.348 e. The van der Waals surface area contributed by atoms with Crippen LogP contribution in [0.3, 0.4) is 0 Å². The summed E-state index contributed by atoms with van der Waals surface area (Å²) in [5.74, 6) is 6.00. The van der Waals surface area contributed by atoms with Gasteiger partial charge in [0.25, 0.3) is 0 Å². The van der Waals surface area contributed by atoms with E-state index in [4.69, 9.17) is 5.84 Å². The van der Waals surface area contributed by atoms with Gasteiger partial charge in [0.15, 0.2) is 5.82 Å². The molecule has 0 bridgehead atoms. The van der Waals surface area contributed by atoms with E-state index in [-0.39, 0.29) is 17.0 Å². The number of rotatable bonds is 4. The number of nitrogens with two attached hydrogens (primary N) is 1. The molecule has 0 radical (unpaired) electrons. The number of nitrogen functional groups attached to an aromatic ring is 1. The molecule has 1 amide bonds. The zero-order valence-corrected chi connectivity index (χ0v) is 12.8. The van der Waals surface area contributed by atoms with E-state index in [0.717, 1.165) is 0 Å². The Bertz CT molecular complexity index is 641. The fraction of sp³-hybridized carbons (Fsp3) is 0.308. The topological polar surface area (TPSA) is 77.0 Å². The summed E-state index contributed by atoms with van der Waals surface area (Å²) >= 11 is 1.22. The number of hydrogen-bond donors (Lipinski definition) is 1. The maximum atomic E-state index is 12.9. The lowest BCUT2D eigenvalue weighted by Gasteiger charge is -2.15. The lowest BCUT2D eigenvalue weighted by atomic mass is 10.2. The number of carbonyl (C=O) groups is 1. The van der Waals surface area contributed by atoms with Crippen molar-refractivity contribution in [1.29, 1.82) is 0 Å². The van der Waals surface area contributed by atoms with Crippen LogP contribution in [0.5, 0.6) is 0 Å². The Morgan fingerprint density at radius 2 is 1.95 bits per heavy atom. The third-order valence-electron chi connectivity index (χ3n) is 2.84. The molecule has 0 aliphatic rings. The summed E-state index contributed by atoms with van der Waals surface area (Å²) < 4.78 is 14.2. The Morgan fingerprint density at radius 1 is 1.33 bits per heavy atom. The van der Waals surface area contributed by atoms with Gasteiger partial charge >= 0.3 is 0 Å². The number of benzene rings is 1. The van der Waals surface area contributed by atoms with E-state index in [1.165, 1.54) is 33.5 Å². The van der Waals surface area contributed by atoms with Crippen LogP contribution in [0.25, 0.3) is 11.4 Å². The van der Waals surface area contributed by atoms with E-state index in [1.807, 2.05) is 0 Å². The van der Waals surface area contributed by atoms with Crippen molar-refractivity contribution in [1.82, 2.24) is 19.8 Å². The molecule has 2 rings (SSSR count). The Morgan fingerprint density at radius 3 is 2.52 bits per heavy atom. The van der Waals surface area contributed by atoms with Crippen molar-refractivity contribution in [2.24, 2.45) is 0 Å². The molecule has 21 heavy (non-hydrogen) atoms. The second kappa shape index (κ2) is 6.13. The SMILES string of the molecule is C[C@@H](Sc1nnc(-c2ccc(F)cc2)n1N)C(=O)N(C)C. The summed E-state index contributed by atoms with van der Waals surface area (Å²) in [6.07, 6.45) is 0. The number of carbonyl (C=O) groups excluding carboxylic acids is 1. The van der Waals surface area contributed by atoms with Gasteiger partial charge in [-0.15, -0.1) is 10.2 Å². The highest BCUT2D eigenvalue weighted by molar-refractivity contribution is 8.00. The second-order valence-electron chi connectivity index (χ2n) is 4.68. The number of nitrogens with zero attached hydrogens (tertiary/aromatic N) is 4. The first-order chi connectivity index (χ1) is 9.90. The van der Waals surface area contributed by atoms with Gasteiger partial charge in [0, 0.05) is 19.7 Å². The molecule has 1 aromatic heterocycles. The molecule has 0 aliphatic carbocycles. The van der Waals surface area contributed by atoms with Crippen LogP contribution >= 0.6 is 11.8 Å². The van der Waals surface area contributed by atoms with Crippen molar-refractivity contribution < 1.29 is 9.18 Å². The number of aromatic nitrogens is 3. The maximum absolute atomic E-state index is 12.9. The van der Waals surface area contributed by atoms with Crippen LogP contribution < -0.4 is 5.84 Å². The number of halogens is 1. The molecule has 6 nitrogen and oxygen atoms in total. The van der Waals surface area contributed by atoms with Gasteiger partial charge in [-0.2, -0.15) is 0 Å². The molecule has 8 heteroatoms. The predicted octanol–water partition coefficient (Wildman–Crippen LogP) is 1.37. The van der Waals surface area contributed by atoms with Crippen LogP contribution in [0.2, 0.25) is 0 Å². The molecule has 0 saturated carbocycles. The van der Waals surface area contributed by atoms with E-state index >= 15 is 0 Å². The van der Waals surface area contributed by atoms with Gasteiger partial charge in [-0.25, -0.2) is 9.07 Å². The molecule has 0 saturated heterocycles. The Labute approximate surface area is 126 Å². The van der Waals surface area contributed by atoms with Gasteiger partial charge in [0.05, 0.1) is 5.25 Å². The van der Waals surface area contributed by atoms with Gasteiger partial charge < -0.3 is 10.7 Å². The summed E-state index contributed by atoms with van der Waals surface area (Å²) in [6.45, 7) is 1.78. The molecule has 2 N–H and O–H groups in total. The average Bonchev–Trinajstić information content (AvgIpc) is 2.80. The maximum Gasteiger partial charge on any atom is 0.235 e. The molecule has 0 aliphatic heterocycles. The van der Waals surface area contributed by atoms with Gasteiger partial charge in [-0.3, -0.25) is 4.79 Å². The first-order valence-corrected chi connectivity index (χ1v) is 7.12. The summed E-state index contributed by atoms with van der Waals surface area (Å²) in [5.41, 5.74) is 0.657. The van der Waals surface area contributed by atoms with Gasteiger partial charge in [0.1, 0.15) is 5.82 Å². The lowest BCUT2D eigenvalue weighted by Crippen LogP contribution is -2.30. The minimum atomic E-state index is -0.332. The van der Waals surface area contributed by atoms with Crippen LogP contribution in [0, 0.1) is 5.82 Å². The molecule has 0 fully saturated rings. The van der Waals surface area contributed by atoms with E-state index in [9.17, 15) is 9.18 Å². The molecular formula is C13H16FN5OS. The Kier molecular flexibility index (Phi) is 4.46. The standard InChI is InChI=1S/C13H16FN5OS/c1-8(12(20)18(2)3)21-13-17-16-11(19(13)15)9-4-6-10(14)7-5-9/h4-8H,15H2,1-3H3/t8-/m1/s1. The molecule has 1 aromatic carbocycles. The first kappa shape index (κ1) is 15.3. The van der Waals surface area contributed by atoms with E-state index in [1.54, 1.807) is 33.2 Å². The third kappa shape index (κ3) is 3.33. The van der Waals surface area contributed by atoms with Gasteiger partial charge in [-0.1, -0.05) is 11.8 Å². The molecule has 1 heterocycles. The Hall–Kier alpha value is -2.09. The van der Waals surface area contributed by atoms with E-state index < -0.39 is 0 Å². The van der Waals surface area contributed by atoms with Crippen molar-refractivity contribution in [2.45, 2.75) is 17.3 Å². The zero-order valence-electron chi connectivity index (χ0n) is 11.9. The fourth-order valence-corrected chi connectivity index (χ4v) is 2.64. The smallest absolute Gasteiger partial charge is 0.235 e. The number of amides is 1. The predicted molar refractivity (Wildman–Crippen MR) is 79.6 cm³/mol. The Balaban J connectivity index is 2.21. The van der Waals surface area contributed by atoms with Crippen molar-refractivity contribution in [3.8, 4) is 11.4 Å². The van der Waals surface area contributed by atoms with Crippen LogP contribution in [0.1, 0.15) is 6.92 Å². The molecule has 0 unspecified atom stereocenters. The monoisotopic (exact) mass is 309 g/mol. The van der Waals surface area contributed by atoms with Crippen LogP contribution in [-0.4, -0.2) is 45.0 Å². The van der Waals surface area contributed by atoms with Crippen molar-refractivity contribution in [3.63, 3.8) is 0 Å². The molecular weight excluding hydrogens is 293 g/mol. The number of hydrogen-bond acceptors (Lipinski definition) is 5. The summed E-state index contributed by atoms with van der Waals surface area (Å²) in [6, 6.07) is 5.81. The highest BCUT2D eigenvalue weighted by atomic mass is 32.2. The van der Waals surface area contributed by atoms with Crippen LogP contribution in [0.4, 0.5) is 4.39 Å². The second-order valence-corrected chi connectivity index (χ2v) is 5.98. The fourth-order valence-electron chi connectivity index (χ4n) is 1.73. The number of thioether (sulfide) groups is 1. The van der Waals surface area contributed by atoms with Gasteiger partial charge in [-0.05, 0) is 31.2 Å². The van der Waals surface area contributed by atoms with E-state index in [2.05, 4.69) is 10.2 Å². The van der Waals surface area contributed by atoms with Crippen LogP contribution in [0.15, 0.2) is 29.4 Å². The highest BCUT2D eigenvalue weighted by Crippen LogP contribution is 2.25.